The Morgan fingerprint density at radius 3 is 2.56 bits per heavy atom. The Hall–Kier alpha value is -3.06. The van der Waals surface area contributed by atoms with Crippen molar-refractivity contribution in [3.8, 4) is 11.1 Å². The molecule has 4 rings (SSSR count). The van der Waals surface area contributed by atoms with E-state index in [0.29, 0.717) is 23.2 Å². The van der Waals surface area contributed by atoms with Gasteiger partial charge in [-0.15, -0.1) is 10.2 Å². The van der Waals surface area contributed by atoms with Crippen LogP contribution in [0.5, 0.6) is 0 Å². The van der Waals surface area contributed by atoms with Crippen molar-refractivity contribution < 1.29 is 0 Å². The number of likely N-dealkylation sites (N-methyl/N-ethyl adjacent to an activating group) is 1. The summed E-state index contributed by atoms with van der Waals surface area (Å²) in [6, 6.07) is 12.0. The summed E-state index contributed by atoms with van der Waals surface area (Å²) < 4.78 is 3.42. The van der Waals surface area contributed by atoms with Crippen LogP contribution in [0, 0.1) is 0 Å². The number of aromatic nitrogens is 5. The Morgan fingerprint density at radius 2 is 1.85 bits per heavy atom. The highest BCUT2D eigenvalue weighted by molar-refractivity contribution is 5.84. The molecule has 0 atom stereocenters. The van der Waals surface area contributed by atoms with Gasteiger partial charge in [0.1, 0.15) is 5.52 Å². The molecule has 0 aliphatic carbocycles. The molecule has 0 fully saturated rings. The fourth-order valence-electron chi connectivity index (χ4n) is 3.26. The summed E-state index contributed by atoms with van der Waals surface area (Å²) in [4.78, 5) is 14.9. The Labute approximate surface area is 156 Å². The molecule has 7 heteroatoms. The smallest absolute Gasteiger partial charge is 0.280 e. The zero-order chi connectivity index (χ0) is 19.0. The number of hydrogen-bond acceptors (Lipinski definition) is 5. The predicted octanol–water partition coefficient (Wildman–Crippen LogP) is 2.23. The largest absolute Gasteiger partial charge is 0.312 e. The summed E-state index contributed by atoms with van der Waals surface area (Å²) in [5, 5.41) is 13.4. The second-order valence-corrected chi connectivity index (χ2v) is 6.83. The molecule has 0 unspecified atom stereocenters. The van der Waals surface area contributed by atoms with E-state index in [4.69, 9.17) is 5.10 Å². The second-order valence-electron chi connectivity index (χ2n) is 6.83. The highest BCUT2D eigenvalue weighted by atomic mass is 16.1. The first-order chi connectivity index (χ1) is 13.1. The van der Waals surface area contributed by atoms with E-state index in [-0.39, 0.29) is 5.56 Å². The van der Waals surface area contributed by atoms with E-state index >= 15 is 0 Å². The molecule has 0 N–H and O–H groups in total. The third-order valence-corrected chi connectivity index (χ3v) is 4.71. The highest BCUT2D eigenvalue weighted by Gasteiger charge is 2.18. The molecule has 0 radical (unpaired) electrons. The van der Waals surface area contributed by atoms with Gasteiger partial charge in [-0.05, 0) is 32.1 Å². The minimum atomic E-state index is -0.140. The van der Waals surface area contributed by atoms with E-state index in [2.05, 4.69) is 17.1 Å². The van der Waals surface area contributed by atoms with E-state index in [1.807, 2.05) is 61.6 Å². The lowest BCUT2D eigenvalue weighted by Crippen LogP contribution is -2.27. The fraction of sp³-hybridized carbons (Fsp3) is 0.300. The summed E-state index contributed by atoms with van der Waals surface area (Å²) in [5.41, 5.74) is 4.53. The van der Waals surface area contributed by atoms with Gasteiger partial charge in [0.25, 0.3) is 5.56 Å². The van der Waals surface area contributed by atoms with Crippen molar-refractivity contribution in [1.82, 2.24) is 29.3 Å². The Bertz CT molecular complexity index is 1160. The van der Waals surface area contributed by atoms with Crippen LogP contribution in [-0.4, -0.2) is 49.9 Å². The number of fused-ring (bicyclic) bond motifs is 3. The van der Waals surface area contributed by atoms with Crippen molar-refractivity contribution in [3.05, 3.63) is 58.6 Å². The van der Waals surface area contributed by atoms with Crippen LogP contribution in [0.2, 0.25) is 0 Å². The molecule has 7 nitrogen and oxygen atoms in total. The molecule has 3 heterocycles. The third kappa shape index (κ3) is 3.00. The monoisotopic (exact) mass is 362 g/mol. The maximum Gasteiger partial charge on any atom is 0.280 e. The third-order valence-electron chi connectivity index (χ3n) is 4.71. The molecule has 138 valence electrons. The lowest BCUT2D eigenvalue weighted by Gasteiger charge is -2.11. The Morgan fingerprint density at radius 1 is 1.07 bits per heavy atom. The van der Waals surface area contributed by atoms with Crippen LogP contribution in [0.4, 0.5) is 0 Å². The number of benzene rings is 1. The molecule has 1 aromatic carbocycles. The zero-order valence-corrected chi connectivity index (χ0v) is 15.8. The van der Waals surface area contributed by atoms with Gasteiger partial charge >= 0.3 is 0 Å². The molecule has 0 bridgehead atoms. The molecule has 0 amide bonds. The molecule has 0 aliphatic rings. The van der Waals surface area contributed by atoms with E-state index in [0.717, 1.165) is 29.8 Å². The lowest BCUT2D eigenvalue weighted by molar-refractivity contribution is 0.381. The summed E-state index contributed by atoms with van der Waals surface area (Å²) >= 11 is 0. The van der Waals surface area contributed by atoms with E-state index in [1.54, 1.807) is 9.08 Å². The molecule has 3 aromatic heterocycles. The summed E-state index contributed by atoms with van der Waals surface area (Å²) in [6.45, 7) is 3.45. The van der Waals surface area contributed by atoms with E-state index in [9.17, 15) is 4.79 Å². The highest BCUT2D eigenvalue weighted by Crippen LogP contribution is 2.28. The maximum atomic E-state index is 12.8. The van der Waals surface area contributed by atoms with Gasteiger partial charge in [-0.1, -0.05) is 37.3 Å². The zero-order valence-electron chi connectivity index (χ0n) is 15.8. The van der Waals surface area contributed by atoms with Gasteiger partial charge in [-0.2, -0.15) is 5.10 Å². The minimum Gasteiger partial charge on any atom is -0.312 e. The van der Waals surface area contributed by atoms with Crippen LogP contribution in [0.1, 0.15) is 12.6 Å². The lowest BCUT2D eigenvalue weighted by atomic mass is 10.0. The van der Waals surface area contributed by atoms with Crippen molar-refractivity contribution in [2.24, 2.45) is 0 Å². The van der Waals surface area contributed by atoms with Crippen molar-refractivity contribution in [2.45, 2.75) is 19.9 Å². The number of rotatable bonds is 5. The summed E-state index contributed by atoms with van der Waals surface area (Å²) in [5.74, 6) is 0. The van der Waals surface area contributed by atoms with Gasteiger partial charge in [0.2, 0.25) is 0 Å². The summed E-state index contributed by atoms with van der Waals surface area (Å²) in [6.07, 6.45) is 2.58. The SMILES string of the molecule is CCc1nn2c(nnc3c(=O)n(CCN(C)C)ccc32)c1-c1ccccc1. The number of pyridine rings is 1. The first kappa shape index (κ1) is 17.4. The van der Waals surface area contributed by atoms with Gasteiger partial charge in [-0.3, -0.25) is 4.79 Å². The fourth-order valence-corrected chi connectivity index (χ4v) is 3.26. The van der Waals surface area contributed by atoms with Crippen LogP contribution < -0.4 is 5.56 Å². The normalized spacial score (nSPS) is 11.7. The van der Waals surface area contributed by atoms with Gasteiger partial charge in [0.05, 0.1) is 11.3 Å². The molecular weight excluding hydrogens is 340 g/mol. The van der Waals surface area contributed by atoms with Crippen LogP contribution in [0.3, 0.4) is 0 Å². The maximum absolute atomic E-state index is 12.8. The van der Waals surface area contributed by atoms with E-state index in [1.165, 1.54) is 0 Å². The minimum absolute atomic E-state index is 0.140. The Kier molecular flexibility index (Phi) is 4.45. The predicted molar refractivity (Wildman–Crippen MR) is 106 cm³/mol. The van der Waals surface area contributed by atoms with Crippen molar-refractivity contribution >= 4 is 16.7 Å². The summed E-state index contributed by atoms with van der Waals surface area (Å²) in [7, 11) is 3.97. The van der Waals surface area contributed by atoms with Crippen LogP contribution >= 0.6 is 0 Å². The van der Waals surface area contributed by atoms with Gasteiger partial charge in [-0.25, -0.2) is 4.52 Å². The molecular formula is C20H22N6O. The quantitative estimate of drug-likeness (QED) is 0.545. The topological polar surface area (TPSA) is 68.3 Å². The molecule has 0 spiro atoms. The number of hydrogen-bond donors (Lipinski definition) is 0. The molecule has 0 aliphatic heterocycles. The molecule has 0 saturated carbocycles. The van der Waals surface area contributed by atoms with Crippen LogP contribution in [0.25, 0.3) is 27.8 Å². The van der Waals surface area contributed by atoms with Gasteiger partial charge < -0.3 is 9.47 Å². The first-order valence-corrected chi connectivity index (χ1v) is 9.07. The van der Waals surface area contributed by atoms with Crippen LogP contribution in [-0.2, 0) is 13.0 Å². The van der Waals surface area contributed by atoms with Crippen molar-refractivity contribution in [3.63, 3.8) is 0 Å². The van der Waals surface area contributed by atoms with Crippen molar-refractivity contribution in [2.75, 3.05) is 20.6 Å². The second kappa shape index (κ2) is 6.92. The first-order valence-electron chi connectivity index (χ1n) is 9.07. The average molecular weight is 362 g/mol. The molecule has 0 saturated heterocycles. The number of nitrogens with zero attached hydrogens (tertiary/aromatic N) is 6. The Balaban J connectivity index is 1.94. The number of aryl methyl sites for hydroxylation is 1. The van der Waals surface area contributed by atoms with E-state index < -0.39 is 0 Å². The molecule has 27 heavy (non-hydrogen) atoms. The van der Waals surface area contributed by atoms with Gasteiger partial charge in [0, 0.05) is 19.3 Å². The standard InChI is InChI=1S/C20H22N6O/c1-4-15-17(14-8-6-5-7-9-14)19-22-21-18-16(26(19)23-15)10-11-25(20(18)27)13-12-24(2)3/h5-11H,4,12-13H2,1-3H3. The molecule has 4 aromatic rings. The van der Waals surface area contributed by atoms with Crippen LogP contribution in [0.15, 0.2) is 47.4 Å². The average Bonchev–Trinajstić information content (AvgIpc) is 3.07. The van der Waals surface area contributed by atoms with Crippen molar-refractivity contribution in [1.29, 1.82) is 0 Å². The van der Waals surface area contributed by atoms with Gasteiger partial charge in [0.15, 0.2) is 11.2 Å².